The first-order chi connectivity index (χ1) is 11.0. The second kappa shape index (κ2) is 8.41. The van der Waals surface area contributed by atoms with Crippen molar-refractivity contribution < 1.29 is 14.3 Å². The van der Waals surface area contributed by atoms with Crippen LogP contribution >= 0.6 is 0 Å². The van der Waals surface area contributed by atoms with Crippen LogP contribution in [0.25, 0.3) is 0 Å². The molecule has 1 aliphatic carbocycles. The Hall–Kier alpha value is -2.24. The number of carbonyl (C=O) groups is 2. The van der Waals surface area contributed by atoms with E-state index in [-0.39, 0.29) is 24.6 Å². The van der Waals surface area contributed by atoms with Gasteiger partial charge in [-0.3, -0.25) is 4.79 Å². The van der Waals surface area contributed by atoms with E-state index >= 15 is 0 Å². The minimum atomic E-state index is -0.151. The number of hydrogen-bond acceptors (Lipinski definition) is 3. The Balaban J connectivity index is 1.65. The Morgan fingerprint density at radius 1 is 1.22 bits per heavy atom. The van der Waals surface area contributed by atoms with Gasteiger partial charge in [-0.2, -0.15) is 0 Å². The molecule has 3 N–H and O–H groups in total. The fraction of sp³-hybridized carbons (Fsp3) is 0.529. The Bertz CT molecular complexity index is 524. The lowest BCUT2D eigenvalue weighted by Gasteiger charge is -2.10. The molecule has 1 aromatic rings. The number of rotatable bonds is 8. The smallest absolute Gasteiger partial charge is 0.314 e. The third-order valence-electron chi connectivity index (χ3n) is 3.35. The molecule has 0 unspecified atom stereocenters. The lowest BCUT2D eigenvalue weighted by molar-refractivity contribution is -0.123. The predicted molar refractivity (Wildman–Crippen MR) is 88.5 cm³/mol. The molecular formula is C17H25N3O3. The number of carbonyl (C=O) groups excluding carboxylic acids is 2. The molecule has 0 aromatic heterocycles. The molecule has 1 saturated carbocycles. The van der Waals surface area contributed by atoms with E-state index in [1.54, 1.807) is 0 Å². The molecule has 126 valence electrons. The van der Waals surface area contributed by atoms with Crippen molar-refractivity contribution in [3.8, 4) is 5.75 Å². The van der Waals surface area contributed by atoms with Gasteiger partial charge in [0.05, 0.1) is 0 Å². The summed E-state index contributed by atoms with van der Waals surface area (Å²) in [5.41, 5.74) is 1.10. The molecule has 0 bridgehead atoms. The van der Waals surface area contributed by atoms with Crippen molar-refractivity contribution in [2.45, 2.75) is 45.2 Å². The minimum Gasteiger partial charge on any atom is -0.484 e. The minimum absolute atomic E-state index is 0.0484. The topological polar surface area (TPSA) is 79.5 Å². The van der Waals surface area contributed by atoms with E-state index in [1.807, 2.05) is 38.1 Å². The fourth-order valence-corrected chi connectivity index (χ4v) is 2.03. The van der Waals surface area contributed by atoms with E-state index in [2.05, 4.69) is 16.0 Å². The van der Waals surface area contributed by atoms with Gasteiger partial charge < -0.3 is 20.7 Å². The average Bonchev–Trinajstić information content (AvgIpc) is 3.29. The van der Waals surface area contributed by atoms with Gasteiger partial charge in [0, 0.05) is 18.6 Å². The molecule has 6 nitrogen and oxygen atoms in total. The molecule has 2 rings (SSSR count). The zero-order chi connectivity index (χ0) is 16.7. The van der Waals surface area contributed by atoms with Crippen molar-refractivity contribution in [3.05, 3.63) is 29.8 Å². The van der Waals surface area contributed by atoms with Crippen LogP contribution < -0.4 is 20.7 Å². The van der Waals surface area contributed by atoms with Gasteiger partial charge in [0.1, 0.15) is 5.75 Å². The quantitative estimate of drug-likeness (QED) is 0.681. The molecule has 23 heavy (non-hydrogen) atoms. The summed E-state index contributed by atoms with van der Waals surface area (Å²) in [6, 6.07) is 7.90. The monoisotopic (exact) mass is 319 g/mol. The van der Waals surface area contributed by atoms with Gasteiger partial charge in [-0.05, 0) is 50.8 Å². The molecular weight excluding hydrogens is 294 g/mol. The van der Waals surface area contributed by atoms with Crippen molar-refractivity contribution in [2.24, 2.45) is 0 Å². The van der Waals surface area contributed by atoms with Crippen LogP contribution in [0.5, 0.6) is 5.75 Å². The summed E-state index contributed by atoms with van der Waals surface area (Å²) in [6.07, 6.45) is 2.89. The first-order valence-electron chi connectivity index (χ1n) is 8.08. The lowest BCUT2D eigenvalue weighted by atomic mass is 10.1. The molecule has 0 aliphatic heterocycles. The molecule has 3 amide bonds. The van der Waals surface area contributed by atoms with Gasteiger partial charge in [0.25, 0.3) is 5.91 Å². The SMILES string of the molecule is CC(C)NC(=O)NCCc1ccc(OCC(=O)NC2CC2)cc1. The Morgan fingerprint density at radius 3 is 2.52 bits per heavy atom. The summed E-state index contributed by atoms with van der Waals surface area (Å²) in [5, 5.41) is 8.46. The second-order valence-electron chi connectivity index (χ2n) is 6.08. The summed E-state index contributed by atoms with van der Waals surface area (Å²) >= 11 is 0. The highest BCUT2D eigenvalue weighted by Crippen LogP contribution is 2.18. The van der Waals surface area contributed by atoms with Crippen molar-refractivity contribution in [1.29, 1.82) is 0 Å². The summed E-state index contributed by atoms with van der Waals surface area (Å²) in [4.78, 5) is 23.0. The summed E-state index contributed by atoms with van der Waals surface area (Å²) in [5.74, 6) is 0.599. The molecule has 0 spiro atoms. The molecule has 1 aliphatic rings. The predicted octanol–water partition coefficient (Wildman–Crippen LogP) is 1.59. The Labute approximate surface area is 137 Å². The van der Waals surface area contributed by atoms with Crippen LogP contribution in [-0.4, -0.2) is 37.2 Å². The highest BCUT2D eigenvalue weighted by Gasteiger charge is 2.23. The highest BCUT2D eigenvalue weighted by atomic mass is 16.5. The van der Waals surface area contributed by atoms with E-state index < -0.39 is 0 Å². The van der Waals surface area contributed by atoms with Gasteiger partial charge in [-0.25, -0.2) is 4.79 Å². The Morgan fingerprint density at radius 2 is 1.91 bits per heavy atom. The van der Waals surface area contributed by atoms with Gasteiger partial charge in [0.2, 0.25) is 0 Å². The van der Waals surface area contributed by atoms with E-state index in [1.165, 1.54) is 0 Å². The normalized spacial score (nSPS) is 13.5. The van der Waals surface area contributed by atoms with Crippen molar-refractivity contribution in [2.75, 3.05) is 13.2 Å². The maximum atomic E-state index is 11.5. The third kappa shape index (κ3) is 7.04. The molecule has 1 fully saturated rings. The summed E-state index contributed by atoms with van der Waals surface area (Å²) in [7, 11) is 0. The highest BCUT2D eigenvalue weighted by molar-refractivity contribution is 5.78. The van der Waals surface area contributed by atoms with Crippen LogP contribution in [0.1, 0.15) is 32.3 Å². The standard InChI is InChI=1S/C17H25N3O3/c1-12(2)19-17(22)18-10-9-13-3-7-15(8-4-13)23-11-16(21)20-14-5-6-14/h3-4,7-8,12,14H,5-6,9-11H2,1-2H3,(H,20,21)(H2,18,19,22). The maximum Gasteiger partial charge on any atom is 0.314 e. The molecule has 0 heterocycles. The van der Waals surface area contributed by atoms with Gasteiger partial charge in [0.15, 0.2) is 6.61 Å². The van der Waals surface area contributed by atoms with E-state index in [9.17, 15) is 9.59 Å². The van der Waals surface area contributed by atoms with Crippen LogP contribution in [0.2, 0.25) is 0 Å². The number of amides is 3. The second-order valence-corrected chi connectivity index (χ2v) is 6.08. The van der Waals surface area contributed by atoms with E-state index in [0.29, 0.717) is 18.3 Å². The number of hydrogen-bond donors (Lipinski definition) is 3. The van der Waals surface area contributed by atoms with Crippen LogP contribution in [0.4, 0.5) is 4.79 Å². The summed E-state index contributed by atoms with van der Waals surface area (Å²) in [6.45, 7) is 4.46. The zero-order valence-corrected chi connectivity index (χ0v) is 13.7. The molecule has 1 aromatic carbocycles. The van der Waals surface area contributed by atoms with Crippen LogP contribution in [-0.2, 0) is 11.2 Å². The van der Waals surface area contributed by atoms with Gasteiger partial charge >= 0.3 is 6.03 Å². The van der Waals surface area contributed by atoms with Gasteiger partial charge in [-0.15, -0.1) is 0 Å². The zero-order valence-electron chi connectivity index (χ0n) is 13.7. The number of benzene rings is 1. The fourth-order valence-electron chi connectivity index (χ4n) is 2.03. The molecule has 0 atom stereocenters. The van der Waals surface area contributed by atoms with Crippen molar-refractivity contribution in [1.82, 2.24) is 16.0 Å². The molecule has 0 radical (unpaired) electrons. The number of ether oxygens (including phenoxy) is 1. The van der Waals surface area contributed by atoms with E-state index in [0.717, 1.165) is 24.8 Å². The number of nitrogens with one attached hydrogen (secondary N) is 3. The first kappa shape index (κ1) is 17.1. The lowest BCUT2D eigenvalue weighted by Crippen LogP contribution is -2.40. The van der Waals surface area contributed by atoms with Crippen LogP contribution in [0.15, 0.2) is 24.3 Å². The largest absolute Gasteiger partial charge is 0.484 e. The first-order valence-corrected chi connectivity index (χ1v) is 8.08. The maximum absolute atomic E-state index is 11.5. The number of urea groups is 1. The van der Waals surface area contributed by atoms with Crippen molar-refractivity contribution >= 4 is 11.9 Å². The average molecular weight is 319 g/mol. The molecule has 6 heteroatoms. The summed E-state index contributed by atoms with van der Waals surface area (Å²) < 4.78 is 5.45. The van der Waals surface area contributed by atoms with Gasteiger partial charge in [-0.1, -0.05) is 12.1 Å². The van der Waals surface area contributed by atoms with Crippen LogP contribution in [0, 0.1) is 0 Å². The Kier molecular flexibility index (Phi) is 6.26. The molecule has 0 saturated heterocycles. The third-order valence-corrected chi connectivity index (χ3v) is 3.35. The van der Waals surface area contributed by atoms with E-state index in [4.69, 9.17) is 4.74 Å². The van der Waals surface area contributed by atoms with Crippen molar-refractivity contribution in [3.63, 3.8) is 0 Å². The van der Waals surface area contributed by atoms with Crippen LogP contribution in [0.3, 0.4) is 0 Å².